The van der Waals surface area contributed by atoms with Gasteiger partial charge in [-0.1, -0.05) is 31.0 Å². The SMILES string of the molecule is Cc1ccccc1C(=O)NCC(=O)N1CCN(C(=O)C2CCCC2)CC1. The Labute approximate surface area is 154 Å². The van der Waals surface area contributed by atoms with Crippen LogP contribution in [0.15, 0.2) is 24.3 Å². The molecule has 0 radical (unpaired) electrons. The third-order valence-electron chi connectivity index (χ3n) is 5.44. The molecule has 26 heavy (non-hydrogen) atoms. The monoisotopic (exact) mass is 357 g/mol. The minimum Gasteiger partial charge on any atom is -0.343 e. The summed E-state index contributed by atoms with van der Waals surface area (Å²) >= 11 is 0. The number of nitrogens with one attached hydrogen (secondary N) is 1. The number of hydrogen-bond acceptors (Lipinski definition) is 3. The number of hydrogen-bond donors (Lipinski definition) is 1. The van der Waals surface area contributed by atoms with Crippen LogP contribution in [-0.2, 0) is 9.59 Å². The van der Waals surface area contributed by atoms with Crippen molar-refractivity contribution in [2.24, 2.45) is 5.92 Å². The summed E-state index contributed by atoms with van der Waals surface area (Å²) in [6.07, 6.45) is 4.30. The molecule has 0 atom stereocenters. The number of piperazine rings is 1. The molecule has 0 aromatic heterocycles. The fraction of sp³-hybridized carbons (Fsp3) is 0.550. The van der Waals surface area contributed by atoms with E-state index in [9.17, 15) is 14.4 Å². The molecule has 1 saturated carbocycles. The van der Waals surface area contributed by atoms with E-state index in [0.29, 0.717) is 31.7 Å². The van der Waals surface area contributed by atoms with Crippen LogP contribution in [0.5, 0.6) is 0 Å². The summed E-state index contributed by atoms with van der Waals surface area (Å²) in [4.78, 5) is 40.6. The lowest BCUT2D eigenvalue weighted by Crippen LogP contribution is -2.53. The Balaban J connectivity index is 1.44. The van der Waals surface area contributed by atoms with Crippen molar-refractivity contribution in [3.05, 3.63) is 35.4 Å². The predicted molar refractivity (Wildman–Crippen MR) is 98.6 cm³/mol. The zero-order valence-corrected chi connectivity index (χ0v) is 15.4. The highest BCUT2D eigenvalue weighted by molar-refractivity contribution is 5.97. The Morgan fingerprint density at radius 2 is 1.62 bits per heavy atom. The van der Waals surface area contributed by atoms with Crippen molar-refractivity contribution in [1.82, 2.24) is 15.1 Å². The third kappa shape index (κ3) is 4.23. The standard InChI is InChI=1S/C20H27N3O3/c1-15-6-2-5-9-17(15)19(25)21-14-18(24)22-10-12-23(13-11-22)20(26)16-7-3-4-8-16/h2,5-6,9,16H,3-4,7-8,10-14H2,1H3,(H,21,25). The largest absolute Gasteiger partial charge is 0.343 e. The van der Waals surface area contributed by atoms with Gasteiger partial charge in [-0.25, -0.2) is 0 Å². The van der Waals surface area contributed by atoms with Crippen LogP contribution in [0.3, 0.4) is 0 Å². The van der Waals surface area contributed by atoms with Gasteiger partial charge in [-0.15, -0.1) is 0 Å². The molecule has 1 aliphatic heterocycles. The molecule has 3 amide bonds. The van der Waals surface area contributed by atoms with Gasteiger partial charge in [0.1, 0.15) is 0 Å². The lowest BCUT2D eigenvalue weighted by atomic mass is 10.1. The zero-order chi connectivity index (χ0) is 18.5. The van der Waals surface area contributed by atoms with E-state index in [-0.39, 0.29) is 30.2 Å². The first kappa shape index (κ1) is 18.4. The highest BCUT2D eigenvalue weighted by Gasteiger charge is 2.30. The smallest absolute Gasteiger partial charge is 0.251 e. The van der Waals surface area contributed by atoms with E-state index < -0.39 is 0 Å². The Kier molecular flexibility index (Phi) is 5.91. The lowest BCUT2D eigenvalue weighted by Gasteiger charge is -2.36. The van der Waals surface area contributed by atoms with Gasteiger partial charge >= 0.3 is 0 Å². The van der Waals surface area contributed by atoms with Gasteiger partial charge in [0.2, 0.25) is 11.8 Å². The Morgan fingerprint density at radius 3 is 2.27 bits per heavy atom. The topological polar surface area (TPSA) is 69.7 Å². The Bertz CT molecular complexity index is 675. The lowest BCUT2D eigenvalue weighted by molar-refractivity contribution is -0.141. The van der Waals surface area contributed by atoms with E-state index in [2.05, 4.69) is 5.32 Å². The van der Waals surface area contributed by atoms with E-state index in [1.807, 2.05) is 30.0 Å². The van der Waals surface area contributed by atoms with Crippen molar-refractivity contribution in [3.63, 3.8) is 0 Å². The molecule has 1 heterocycles. The summed E-state index contributed by atoms with van der Waals surface area (Å²) in [5, 5.41) is 2.70. The molecule has 2 aliphatic rings. The van der Waals surface area contributed by atoms with Gasteiger partial charge < -0.3 is 15.1 Å². The molecule has 0 bridgehead atoms. The number of nitrogens with zero attached hydrogens (tertiary/aromatic N) is 2. The summed E-state index contributed by atoms with van der Waals surface area (Å²) in [6, 6.07) is 7.31. The van der Waals surface area contributed by atoms with E-state index in [4.69, 9.17) is 0 Å². The average molecular weight is 357 g/mol. The molecule has 6 nitrogen and oxygen atoms in total. The molecule has 6 heteroatoms. The minimum absolute atomic E-state index is 0.0102. The van der Waals surface area contributed by atoms with E-state index in [1.54, 1.807) is 11.0 Å². The summed E-state index contributed by atoms with van der Waals surface area (Å²) in [5.41, 5.74) is 1.48. The summed E-state index contributed by atoms with van der Waals surface area (Å²) in [5.74, 6) is 0.111. The first-order chi connectivity index (χ1) is 12.6. The van der Waals surface area contributed by atoms with Crippen LogP contribution in [0, 0.1) is 12.8 Å². The number of benzene rings is 1. The fourth-order valence-corrected chi connectivity index (χ4v) is 3.80. The molecule has 1 aromatic carbocycles. The maximum Gasteiger partial charge on any atom is 0.251 e. The number of carbonyl (C=O) groups excluding carboxylic acids is 3. The highest BCUT2D eigenvalue weighted by Crippen LogP contribution is 2.26. The molecule has 1 saturated heterocycles. The van der Waals surface area contributed by atoms with Crippen LogP contribution in [0.2, 0.25) is 0 Å². The molecule has 0 spiro atoms. The summed E-state index contributed by atoms with van der Waals surface area (Å²) < 4.78 is 0. The molecule has 1 aromatic rings. The van der Waals surface area contributed by atoms with Crippen LogP contribution in [-0.4, -0.2) is 60.2 Å². The van der Waals surface area contributed by atoms with Crippen LogP contribution in [0.1, 0.15) is 41.6 Å². The van der Waals surface area contributed by atoms with E-state index in [0.717, 1.165) is 31.2 Å². The molecule has 0 unspecified atom stereocenters. The molecular weight excluding hydrogens is 330 g/mol. The zero-order valence-electron chi connectivity index (χ0n) is 15.4. The second kappa shape index (κ2) is 8.34. The number of amides is 3. The van der Waals surface area contributed by atoms with E-state index >= 15 is 0 Å². The average Bonchev–Trinajstić information content (AvgIpc) is 3.20. The van der Waals surface area contributed by atoms with Gasteiger partial charge in [0, 0.05) is 37.7 Å². The van der Waals surface area contributed by atoms with Crippen LogP contribution >= 0.6 is 0 Å². The van der Waals surface area contributed by atoms with E-state index in [1.165, 1.54) is 0 Å². The van der Waals surface area contributed by atoms with Crippen molar-refractivity contribution in [3.8, 4) is 0 Å². The first-order valence-corrected chi connectivity index (χ1v) is 9.46. The van der Waals surface area contributed by atoms with Crippen molar-refractivity contribution >= 4 is 17.7 Å². The van der Waals surface area contributed by atoms with Crippen molar-refractivity contribution < 1.29 is 14.4 Å². The fourth-order valence-electron chi connectivity index (χ4n) is 3.80. The van der Waals surface area contributed by atoms with Gasteiger partial charge in [-0.3, -0.25) is 14.4 Å². The number of carbonyl (C=O) groups is 3. The van der Waals surface area contributed by atoms with Gasteiger partial charge in [-0.05, 0) is 31.4 Å². The maximum atomic E-state index is 12.4. The van der Waals surface area contributed by atoms with Crippen molar-refractivity contribution in [1.29, 1.82) is 0 Å². The summed E-state index contributed by atoms with van der Waals surface area (Å²) in [7, 11) is 0. The van der Waals surface area contributed by atoms with Gasteiger partial charge in [0.15, 0.2) is 0 Å². The molecule has 3 rings (SSSR count). The highest BCUT2D eigenvalue weighted by atomic mass is 16.2. The molecule has 2 fully saturated rings. The third-order valence-corrected chi connectivity index (χ3v) is 5.44. The Hall–Kier alpha value is -2.37. The molecule has 140 valence electrons. The van der Waals surface area contributed by atoms with Crippen molar-refractivity contribution in [2.45, 2.75) is 32.6 Å². The summed E-state index contributed by atoms with van der Waals surface area (Å²) in [6.45, 7) is 4.12. The van der Waals surface area contributed by atoms with Crippen LogP contribution < -0.4 is 5.32 Å². The molecular formula is C20H27N3O3. The molecule has 1 aliphatic carbocycles. The predicted octanol–water partition coefficient (Wildman–Crippen LogP) is 1.59. The van der Waals surface area contributed by atoms with Crippen LogP contribution in [0.25, 0.3) is 0 Å². The first-order valence-electron chi connectivity index (χ1n) is 9.46. The maximum absolute atomic E-state index is 12.4. The second-order valence-electron chi connectivity index (χ2n) is 7.19. The normalized spacial score (nSPS) is 18.0. The number of rotatable bonds is 4. The second-order valence-corrected chi connectivity index (χ2v) is 7.19. The Morgan fingerprint density at radius 1 is 1.00 bits per heavy atom. The van der Waals surface area contributed by atoms with Crippen LogP contribution in [0.4, 0.5) is 0 Å². The van der Waals surface area contributed by atoms with Gasteiger partial charge in [0.25, 0.3) is 5.91 Å². The minimum atomic E-state index is -0.230. The van der Waals surface area contributed by atoms with Gasteiger partial charge in [-0.2, -0.15) is 0 Å². The quantitative estimate of drug-likeness (QED) is 0.890. The van der Waals surface area contributed by atoms with Crippen molar-refractivity contribution in [2.75, 3.05) is 32.7 Å². The number of aryl methyl sites for hydroxylation is 1. The molecule has 1 N–H and O–H groups in total. The van der Waals surface area contributed by atoms with Gasteiger partial charge in [0.05, 0.1) is 6.54 Å².